The van der Waals surface area contributed by atoms with Crippen LogP contribution in [0, 0.1) is 6.92 Å². The van der Waals surface area contributed by atoms with E-state index in [4.69, 9.17) is 5.73 Å². The fraction of sp³-hybridized carbons (Fsp3) is 0.625. The zero-order valence-electron chi connectivity index (χ0n) is 6.75. The summed E-state index contributed by atoms with van der Waals surface area (Å²) in [4.78, 5) is 4.24. The van der Waals surface area contributed by atoms with Gasteiger partial charge in [-0.3, -0.25) is 0 Å². The maximum atomic E-state index is 5.62. The van der Waals surface area contributed by atoms with Gasteiger partial charge in [0.15, 0.2) is 0 Å². The van der Waals surface area contributed by atoms with E-state index in [1.54, 1.807) is 0 Å². The van der Waals surface area contributed by atoms with Crippen molar-refractivity contribution in [3.05, 3.63) is 17.7 Å². The summed E-state index contributed by atoms with van der Waals surface area (Å²) in [5.74, 6) is 1.67. The van der Waals surface area contributed by atoms with E-state index in [1.807, 2.05) is 13.1 Å². The Morgan fingerprint density at radius 1 is 1.82 bits per heavy atom. The topological polar surface area (TPSA) is 43.8 Å². The number of imidazole rings is 1. The Labute approximate surface area is 66.2 Å². The second-order valence-electron chi connectivity index (χ2n) is 3.10. The molecule has 0 spiro atoms. The van der Waals surface area contributed by atoms with Gasteiger partial charge >= 0.3 is 0 Å². The van der Waals surface area contributed by atoms with Crippen LogP contribution in [0.3, 0.4) is 0 Å². The van der Waals surface area contributed by atoms with Gasteiger partial charge in [0, 0.05) is 30.9 Å². The number of nitrogens with zero attached hydrogens (tertiary/aromatic N) is 2. The standard InChI is InChI=1S/C8H13N3/c1-6-10-5-8-7(4-9)2-3-11(6)8/h5,7H,2-4,9H2,1H3. The maximum absolute atomic E-state index is 5.62. The summed E-state index contributed by atoms with van der Waals surface area (Å²) in [7, 11) is 0. The largest absolute Gasteiger partial charge is 0.332 e. The van der Waals surface area contributed by atoms with Crippen LogP contribution in [0.5, 0.6) is 0 Å². The second-order valence-corrected chi connectivity index (χ2v) is 3.10. The molecule has 0 aromatic carbocycles. The van der Waals surface area contributed by atoms with Gasteiger partial charge < -0.3 is 10.3 Å². The van der Waals surface area contributed by atoms with Crippen LogP contribution in [0.15, 0.2) is 6.20 Å². The van der Waals surface area contributed by atoms with E-state index in [1.165, 1.54) is 12.1 Å². The van der Waals surface area contributed by atoms with Crippen molar-refractivity contribution in [1.29, 1.82) is 0 Å². The smallest absolute Gasteiger partial charge is 0.105 e. The maximum Gasteiger partial charge on any atom is 0.105 e. The zero-order chi connectivity index (χ0) is 7.84. The van der Waals surface area contributed by atoms with Crippen LogP contribution in [-0.4, -0.2) is 16.1 Å². The lowest BCUT2D eigenvalue weighted by molar-refractivity contribution is 0.656. The van der Waals surface area contributed by atoms with E-state index in [9.17, 15) is 0 Å². The lowest BCUT2D eigenvalue weighted by Gasteiger charge is -2.02. The molecular weight excluding hydrogens is 138 g/mol. The minimum absolute atomic E-state index is 0.552. The molecular formula is C8H13N3. The van der Waals surface area contributed by atoms with E-state index in [2.05, 4.69) is 9.55 Å². The molecule has 1 aliphatic rings. The number of aryl methyl sites for hydroxylation is 1. The van der Waals surface area contributed by atoms with Crippen LogP contribution in [-0.2, 0) is 6.54 Å². The van der Waals surface area contributed by atoms with Gasteiger partial charge in [-0.15, -0.1) is 0 Å². The van der Waals surface area contributed by atoms with Crippen LogP contribution in [0.1, 0.15) is 23.9 Å². The summed E-state index contributed by atoms with van der Waals surface area (Å²) in [6.45, 7) is 3.90. The molecule has 3 heteroatoms. The third kappa shape index (κ3) is 0.878. The highest BCUT2D eigenvalue weighted by molar-refractivity contribution is 5.14. The fourth-order valence-corrected chi connectivity index (χ4v) is 1.77. The van der Waals surface area contributed by atoms with Crippen molar-refractivity contribution in [3.8, 4) is 0 Å². The Bertz CT molecular complexity index is 264. The molecule has 0 bridgehead atoms. The van der Waals surface area contributed by atoms with Crippen LogP contribution in [0.25, 0.3) is 0 Å². The summed E-state index contributed by atoms with van der Waals surface area (Å²) in [5, 5.41) is 0. The monoisotopic (exact) mass is 151 g/mol. The van der Waals surface area contributed by atoms with Crippen molar-refractivity contribution < 1.29 is 0 Å². The Balaban J connectivity index is 2.40. The van der Waals surface area contributed by atoms with Gasteiger partial charge in [0.2, 0.25) is 0 Å². The van der Waals surface area contributed by atoms with Crippen molar-refractivity contribution in [2.24, 2.45) is 5.73 Å². The van der Waals surface area contributed by atoms with Gasteiger partial charge in [-0.1, -0.05) is 0 Å². The molecule has 1 unspecified atom stereocenters. The molecule has 0 saturated carbocycles. The lowest BCUT2D eigenvalue weighted by Crippen LogP contribution is -2.09. The molecule has 11 heavy (non-hydrogen) atoms. The summed E-state index contributed by atoms with van der Waals surface area (Å²) < 4.78 is 2.26. The van der Waals surface area contributed by atoms with Gasteiger partial charge in [-0.2, -0.15) is 0 Å². The lowest BCUT2D eigenvalue weighted by atomic mass is 10.1. The average Bonchev–Trinajstić information content (AvgIpc) is 2.53. The number of hydrogen-bond donors (Lipinski definition) is 1. The van der Waals surface area contributed by atoms with Crippen LogP contribution < -0.4 is 5.73 Å². The van der Waals surface area contributed by atoms with Crippen LogP contribution in [0.2, 0.25) is 0 Å². The predicted octanol–water partition coefficient (Wildman–Crippen LogP) is 0.638. The van der Waals surface area contributed by atoms with Gasteiger partial charge in [-0.05, 0) is 13.3 Å². The molecule has 60 valence electrons. The summed E-state index contributed by atoms with van der Waals surface area (Å²) >= 11 is 0. The first kappa shape index (κ1) is 6.85. The molecule has 0 radical (unpaired) electrons. The highest BCUT2D eigenvalue weighted by Crippen LogP contribution is 2.27. The Morgan fingerprint density at radius 2 is 2.64 bits per heavy atom. The molecule has 1 aromatic rings. The van der Waals surface area contributed by atoms with Crippen molar-refractivity contribution >= 4 is 0 Å². The summed E-state index contributed by atoms with van der Waals surface area (Å²) in [6.07, 6.45) is 3.15. The van der Waals surface area contributed by atoms with Crippen molar-refractivity contribution in [1.82, 2.24) is 9.55 Å². The molecule has 1 atom stereocenters. The van der Waals surface area contributed by atoms with Crippen LogP contribution >= 0.6 is 0 Å². The second kappa shape index (κ2) is 2.34. The first-order chi connectivity index (χ1) is 5.33. The van der Waals surface area contributed by atoms with Crippen molar-refractivity contribution in [2.75, 3.05) is 6.54 Å². The van der Waals surface area contributed by atoms with E-state index in [0.29, 0.717) is 5.92 Å². The van der Waals surface area contributed by atoms with E-state index in [-0.39, 0.29) is 0 Å². The third-order valence-electron chi connectivity index (χ3n) is 2.49. The van der Waals surface area contributed by atoms with Gasteiger partial charge in [0.05, 0.1) is 0 Å². The number of rotatable bonds is 1. The van der Waals surface area contributed by atoms with Gasteiger partial charge in [-0.25, -0.2) is 4.98 Å². The van der Waals surface area contributed by atoms with E-state index < -0.39 is 0 Å². The Morgan fingerprint density at radius 3 is 3.36 bits per heavy atom. The first-order valence-corrected chi connectivity index (χ1v) is 4.05. The molecule has 2 N–H and O–H groups in total. The Hall–Kier alpha value is -0.830. The number of hydrogen-bond acceptors (Lipinski definition) is 2. The normalized spacial score (nSPS) is 22.2. The summed E-state index contributed by atoms with van der Waals surface area (Å²) in [6, 6.07) is 0. The quantitative estimate of drug-likeness (QED) is 0.640. The molecule has 1 aromatic heterocycles. The SMILES string of the molecule is Cc1ncc2n1CCC2CN. The minimum atomic E-state index is 0.552. The van der Waals surface area contributed by atoms with Crippen LogP contribution in [0.4, 0.5) is 0 Å². The minimum Gasteiger partial charge on any atom is -0.332 e. The third-order valence-corrected chi connectivity index (χ3v) is 2.49. The van der Waals surface area contributed by atoms with E-state index >= 15 is 0 Å². The highest BCUT2D eigenvalue weighted by Gasteiger charge is 2.22. The molecule has 3 nitrogen and oxygen atoms in total. The molecule has 1 aliphatic heterocycles. The summed E-state index contributed by atoms with van der Waals surface area (Å²) in [5.41, 5.74) is 6.94. The predicted molar refractivity (Wildman–Crippen MR) is 43.4 cm³/mol. The highest BCUT2D eigenvalue weighted by atomic mass is 15.1. The van der Waals surface area contributed by atoms with E-state index in [0.717, 1.165) is 18.9 Å². The molecule has 0 amide bonds. The van der Waals surface area contributed by atoms with Crippen molar-refractivity contribution in [3.63, 3.8) is 0 Å². The fourth-order valence-electron chi connectivity index (χ4n) is 1.77. The molecule has 0 fully saturated rings. The number of fused-ring (bicyclic) bond motifs is 1. The molecule has 0 saturated heterocycles. The average molecular weight is 151 g/mol. The molecule has 2 rings (SSSR count). The first-order valence-electron chi connectivity index (χ1n) is 4.05. The number of aromatic nitrogens is 2. The Kier molecular flexibility index (Phi) is 1.46. The van der Waals surface area contributed by atoms with Crippen molar-refractivity contribution in [2.45, 2.75) is 25.8 Å². The molecule has 2 heterocycles. The zero-order valence-corrected chi connectivity index (χ0v) is 6.75. The number of nitrogens with two attached hydrogens (primary N) is 1. The molecule has 0 aliphatic carbocycles. The van der Waals surface area contributed by atoms with Gasteiger partial charge in [0.1, 0.15) is 5.82 Å². The van der Waals surface area contributed by atoms with Gasteiger partial charge in [0.25, 0.3) is 0 Å².